The van der Waals surface area contributed by atoms with E-state index in [2.05, 4.69) is 0 Å². The number of nitrogens with two attached hydrogens (primary N) is 1. The molecule has 2 aliphatic rings. The van der Waals surface area contributed by atoms with Crippen LogP contribution in [-0.2, 0) is 10.0 Å². The van der Waals surface area contributed by atoms with Crippen molar-refractivity contribution < 1.29 is 8.42 Å². The van der Waals surface area contributed by atoms with Crippen LogP contribution in [0.15, 0.2) is 0 Å². The fraction of sp³-hybridized carbons (Fsp3) is 1.00. The lowest BCUT2D eigenvalue weighted by Crippen LogP contribution is -2.43. The minimum absolute atomic E-state index is 0.150. The third-order valence-corrected chi connectivity index (χ3v) is 6.32. The summed E-state index contributed by atoms with van der Waals surface area (Å²) in [6.07, 6.45) is 8.94. The van der Waals surface area contributed by atoms with Crippen LogP contribution in [0.4, 0.5) is 0 Å². The van der Waals surface area contributed by atoms with Crippen molar-refractivity contribution in [2.75, 3.05) is 18.8 Å². The lowest BCUT2D eigenvalue weighted by Gasteiger charge is -2.24. The van der Waals surface area contributed by atoms with E-state index in [1.165, 1.54) is 12.8 Å². The first-order valence-electron chi connectivity index (χ1n) is 7.33. The number of sulfonamides is 1. The van der Waals surface area contributed by atoms with Crippen LogP contribution in [0, 0.1) is 5.92 Å². The first-order chi connectivity index (χ1) is 8.59. The second kappa shape index (κ2) is 6.35. The van der Waals surface area contributed by atoms with Crippen molar-refractivity contribution in [1.29, 1.82) is 0 Å². The minimum Gasteiger partial charge on any atom is -0.326 e. The van der Waals surface area contributed by atoms with Gasteiger partial charge in [-0.15, -0.1) is 0 Å². The van der Waals surface area contributed by atoms with E-state index in [9.17, 15) is 8.42 Å². The van der Waals surface area contributed by atoms with Crippen LogP contribution >= 0.6 is 0 Å². The van der Waals surface area contributed by atoms with Crippen LogP contribution < -0.4 is 5.73 Å². The Labute approximate surface area is 111 Å². The Balaban J connectivity index is 1.92. The Morgan fingerprint density at radius 2 is 1.56 bits per heavy atom. The lowest BCUT2D eigenvalue weighted by molar-refractivity contribution is 0.405. The fourth-order valence-corrected chi connectivity index (χ4v) is 4.97. The van der Waals surface area contributed by atoms with E-state index in [1.54, 1.807) is 4.31 Å². The highest BCUT2D eigenvalue weighted by atomic mass is 32.2. The van der Waals surface area contributed by atoms with Crippen LogP contribution in [0.5, 0.6) is 0 Å². The largest absolute Gasteiger partial charge is 0.326 e. The van der Waals surface area contributed by atoms with Gasteiger partial charge in [0, 0.05) is 19.1 Å². The molecule has 5 heteroatoms. The molecule has 0 spiro atoms. The molecule has 106 valence electrons. The van der Waals surface area contributed by atoms with Gasteiger partial charge in [-0.2, -0.15) is 0 Å². The van der Waals surface area contributed by atoms with Crippen molar-refractivity contribution in [2.45, 2.75) is 57.4 Å². The summed E-state index contributed by atoms with van der Waals surface area (Å²) in [5.41, 5.74) is 6.11. The highest BCUT2D eigenvalue weighted by Crippen LogP contribution is 2.28. The molecule has 2 fully saturated rings. The van der Waals surface area contributed by atoms with Crippen molar-refractivity contribution in [3.8, 4) is 0 Å². The van der Waals surface area contributed by atoms with E-state index in [0.29, 0.717) is 19.0 Å². The Morgan fingerprint density at radius 1 is 1.00 bits per heavy atom. The number of nitrogens with zero attached hydrogens (tertiary/aromatic N) is 1. The van der Waals surface area contributed by atoms with Crippen LogP contribution in [0.25, 0.3) is 0 Å². The first-order valence-corrected chi connectivity index (χ1v) is 8.94. The van der Waals surface area contributed by atoms with Crippen LogP contribution in [0.3, 0.4) is 0 Å². The van der Waals surface area contributed by atoms with E-state index >= 15 is 0 Å². The molecule has 1 aliphatic carbocycles. The average Bonchev–Trinajstić information content (AvgIpc) is 2.70. The standard InChI is InChI=1S/C13H26N2O2S/c14-13(12-7-3-4-8-12)11-18(16,17)15-9-5-1-2-6-10-15/h12-13H,1-11,14H2. The van der Waals surface area contributed by atoms with Gasteiger partial charge < -0.3 is 5.73 Å². The van der Waals surface area contributed by atoms with E-state index in [1.807, 2.05) is 0 Å². The highest BCUT2D eigenvalue weighted by molar-refractivity contribution is 7.89. The third-order valence-electron chi connectivity index (χ3n) is 4.37. The predicted molar refractivity (Wildman–Crippen MR) is 73.8 cm³/mol. The van der Waals surface area contributed by atoms with Gasteiger partial charge in [0.05, 0.1) is 5.75 Å². The summed E-state index contributed by atoms with van der Waals surface area (Å²) in [7, 11) is -3.14. The molecule has 2 N–H and O–H groups in total. The zero-order chi connectivity index (χ0) is 13.0. The van der Waals surface area contributed by atoms with Gasteiger partial charge in [0.15, 0.2) is 0 Å². The van der Waals surface area contributed by atoms with Crippen molar-refractivity contribution in [3.63, 3.8) is 0 Å². The highest BCUT2D eigenvalue weighted by Gasteiger charge is 2.30. The van der Waals surface area contributed by atoms with Crippen molar-refractivity contribution in [1.82, 2.24) is 4.31 Å². The van der Waals surface area contributed by atoms with Crippen LogP contribution in [0.1, 0.15) is 51.4 Å². The number of hydrogen-bond acceptors (Lipinski definition) is 3. The van der Waals surface area contributed by atoms with E-state index < -0.39 is 10.0 Å². The second-order valence-corrected chi connectivity index (χ2v) is 7.81. The molecule has 1 aliphatic heterocycles. The molecule has 0 aromatic heterocycles. The molecule has 1 atom stereocenters. The summed E-state index contributed by atoms with van der Waals surface area (Å²) in [4.78, 5) is 0. The fourth-order valence-electron chi connectivity index (χ4n) is 3.19. The SMILES string of the molecule is NC(CS(=O)(=O)N1CCCCCC1)C1CCCC1. The Hall–Kier alpha value is -0.130. The quantitative estimate of drug-likeness (QED) is 0.849. The van der Waals surface area contributed by atoms with Gasteiger partial charge in [-0.25, -0.2) is 12.7 Å². The maximum absolute atomic E-state index is 12.4. The molecule has 0 amide bonds. The molecule has 1 heterocycles. The summed E-state index contributed by atoms with van der Waals surface area (Å²) < 4.78 is 26.4. The van der Waals surface area contributed by atoms with Crippen molar-refractivity contribution in [2.24, 2.45) is 11.7 Å². The zero-order valence-corrected chi connectivity index (χ0v) is 12.0. The van der Waals surface area contributed by atoms with E-state index in [-0.39, 0.29) is 11.8 Å². The average molecular weight is 274 g/mol. The Bertz CT molecular complexity index is 342. The van der Waals surface area contributed by atoms with Gasteiger partial charge in [-0.3, -0.25) is 0 Å². The second-order valence-electron chi connectivity index (χ2n) is 5.80. The molecule has 4 nitrogen and oxygen atoms in total. The van der Waals surface area contributed by atoms with E-state index in [4.69, 9.17) is 5.73 Å². The summed E-state index contributed by atoms with van der Waals surface area (Å²) in [5.74, 6) is 0.573. The smallest absolute Gasteiger partial charge is 0.215 e. The predicted octanol–water partition coefficient (Wildman–Crippen LogP) is 1.71. The van der Waals surface area contributed by atoms with Gasteiger partial charge in [-0.1, -0.05) is 25.7 Å². The number of rotatable bonds is 4. The molecular formula is C13H26N2O2S. The van der Waals surface area contributed by atoms with Crippen molar-refractivity contribution in [3.05, 3.63) is 0 Å². The van der Waals surface area contributed by atoms with Gasteiger partial charge in [0.1, 0.15) is 0 Å². The first kappa shape index (κ1) is 14.3. The lowest BCUT2D eigenvalue weighted by atomic mass is 10.0. The van der Waals surface area contributed by atoms with E-state index in [0.717, 1.165) is 38.5 Å². The molecule has 0 bridgehead atoms. The Morgan fingerprint density at radius 3 is 2.11 bits per heavy atom. The maximum Gasteiger partial charge on any atom is 0.215 e. The molecular weight excluding hydrogens is 248 g/mol. The van der Waals surface area contributed by atoms with Gasteiger partial charge in [-0.05, 0) is 31.6 Å². The third kappa shape index (κ3) is 3.68. The minimum atomic E-state index is -3.14. The normalized spacial score (nSPS) is 26.1. The summed E-state index contributed by atoms with van der Waals surface area (Å²) in [6, 6.07) is -0.166. The molecule has 0 aromatic carbocycles. The maximum atomic E-state index is 12.4. The Kier molecular flexibility index (Phi) is 5.04. The number of hydrogen-bond donors (Lipinski definition) is 1. The molecule has 0 aromatic rings. The summed E-state index contributed by atoms with van der Waals surface area (Å²) in [6.45, 7) is 1.39. The summed E-state index contributed by atoms with van der Waals surface area (Å²) >= 11 is 0. The van der Waals surface area contributed by atoms with Crippen LogP contribution in [0.2, 0.25) is 0 Å². The van der Waals surface area contributed by atoms with Crippen molar-refractivity contribution >= 4 is 10.0 Å². The molecule has 0 radical (unpaired) electrons. The summed E-state index contributed by atoms with van der Waals surface area (Å²) in [5, 5.41) is 0. The van der Waals surface area contributed by atoms with Gasteiger partial charge in [0.25, 0.3) is 0 Å². The molecule has 1 saturated heterocycles. The van der Waals surface area contributed by atoms with Gasteiger partial charge >= 0.3 is 0 Å². The molecule has 2 rings (SSSR count). The zero-order valence-electron chi connectivity index (χ0n) is 11.2. The topological polar surface area (TPSA) is 63.4 Å². The molecule has 18 heavy (non-hydrogen) atoms. The van der Waals surface area contributed by atoms with Crippen LogP contribution in [-0.4, -0.2) is 37.6 Å². The molecule has 1 saturated carbocycles. The molecule has 1 unspecified atom stereocenters. The van der Waals surface area contributed by atoms with Gasteiger partial charge in [0.2, 0.25) is 10.0 Å². The monoisotopic (exact) mass is 274 g/mol.